The summed E-state index contributed by atoms with van der Waals surface area (Å²) < 4.78 is 59.1. The third-order valence-corrected chi connectivity index (χ3v) is 6.32. The van der Waals surface area contributed by atoms with Crippen LogP contribution in [0.4, 0.5) is 13.2 Å². The van der Waals surface area contributed by atoms with Crippen LogP contribution in [0.5, 0.6) is 11.5 Å². The third kappa shape index (κ3) is 4.94. The first-order valence-electron chi connectivity index (χ1n) is 11.1. The standard InChI is InChI=1S/C27H25F3O4/c1-32-19-9-7-17(8-10-19)22-13-12-21(25(29)26(22)30)16-3-5-18(6-4-16)27(31)34-20-11-14-24(33-2)23(28)15-20/h3-6,11-15,17,19H,7-10H2,1-2H3. The summed E-state index contributed by atoms with van der Waals surface area (Å²) in [5.41, 5.74) is 1.12. The predicted octanol–water partition coefficient (Wildman–Crippen LogP) is 6.67. The molecule has 3 aromatic carbocycles. The van der Waals surface area contributed by atoms with Gasteiger partial charge in [0.05, 0.1) is 18.8 Å². The van der Waals surface area contributed by atoms with Crippen LogP contribution in [-0.2, 0) is 4.74 Å². The second-order valence-electron chi connectivity index (χ2n) is 8.30. The van der Waals surface area contributed by atoms with E-state index in [4.69, 9.17) is 14.2 Å². The van der Waals surface area contributed by atoms with Crippen molar-refractivity contribution in [3.05, 3.63) is 83.2 Å². The molecule has 178 valence electrons. The van der Waals surface area contributed by atoms with Crippen molar-refractivity contribution < 1.29 is 32.2 Å². The van der Waals surface area contributed by atoms with Crippen LogP contribution < -0.4 is 9.47 Å². The maximum absolute atomic E-state index is 15.0. The van der Waals surface area contributed by atoms with E-state index in [0.29, 0.717) is 11.1 Å². The number of esters is 1. The molecule has 0 unspecified atom stereocenters. The van der Waals surface area contributed by atoms with Crippen molar-refractivity contribution in [3.8, 4) is 22.6 Å². The smallest absolute Gasteiger partial charge is 0.343 e. The SMILES string of the molecule is COc1ccc(OC(=O)c2ccc(-c3ccc(C4CCC(OC)CC4)c(F)c3F)cc2)cc1F. The summed E-state index contributed by atoms with van der Waals surface area (Å²) in [6, 6.07) is 13.0. The molecule has 0 saturated heterocycles. The molecule has 4 rings (SSSR count). The highest BCUT2D eigenvalue weighted by Crippen LogP contribution is 2.37. The first kappa shape index (κ1) is 23.8. The lowest BCUT2D eigenvalue weighted by Gasteiger charge is -2.28. The van der Waals surface area contributed by atoms with Crippen LogP contribution in [0.25, 0.3) is 11.1 Å². The van der Waals surface area contributed by atoms with Gasteiger partial charge in [-0.25, -0.2) is 18.0 Å². The topological polar surface area (TPSA) is 44.8 Å². The Kier molecular flexibility index (Phi) is 7.22. The first-order valence-corrected chi connectivity index (χ1v) is 11.1. The number of hydrogen-bond acceptors (Lipinski definition) is 4. The fraction of sp³-hybridized carbons (Fsp3) is 0.296. The molecule has 0 N–H and O–H groups in total. The van der Waals surface area contributed by atoms with Crippen LogP contribution in [0, 0.1) is 17.5 Å². The Bertz CT molecular complexity index is 1170. The molecule has 0 atom stereocenters. The van der Waals surface area contributed by atoms with Gasteiger partial charge in [-0.15, -0.1) is 0 Å². The number of halogens is 3. The second-order valence-corrected chi connectivity index (χ2v) is 8.30. The molecule has 0 spiro atoms. The van der Waals surface area contributed by atoms with E-state index in [-0.39, 0.29) is 34.6 Å². The number of benzene rings is 3. The number of rotatable bonds is 6. The second kappa shape index (κ2) is 10.3. The average molecular weight is 470 g/mol. The van der Waals surface area contributed by atoms with Crippen LogP contribution in [0.15, 0.2) is 54.6 Å². The lowest BCUT2D eigenvalue weighted by molar-refractivity contribution is 0.0655. The van der Waals surface area contributed by atoms with Gasteiger partial charge in [0, 0.05) is 18.7 Å². The Hall–Kier alpha value is -3.32. The van der Waals surface area contributed by atoms with Gasteiger partial charge < -0.3 is 14.2 Å². The van der Waals surface area contributed by atoms with Crippen molar-refractivity contribution in [2.45, 2.75) is 37.7 Å². The molecule has 0 aliphatic heterocycles. The van der Waals surface area contributed by atoms with Gasteiger partial charge in [-0.3, -0.25) is 0 Å². The van der Waals surface area contributed by atoms with E-state index in [2.05, 4.69) is 0 Å². The monoisotopic (exact) mass is 470 g/mol. The number of methoxy groups -OCH3 is 2. The zero-order chi connectivity index (χ0) is 24.2. The minimum absolute atomic E-state index is 0.0237. The predicted molar refractivity (Wildman–Crippen MR) is 122 cm³/mol. The van der Waals surface area contributed by atoms with Crippen molar-refractivity contribution >= 4 is 5.97 Å². The van der Waals surface area contributed by atoms with Gasteiger partial charge in [-0.1, -0.05) is 24.3 Å². The maximum atomic E-state index is 15.0. The van der Waals surface area contributed by atoms with Gasteiger partial charge in [-0.2, -0.15) is 0 Å². The summed E-state index contributed by atoms with van der Waals surface area (Å²) in [7, 11) is 3.00. The van der Waals surface area contributed by atoms with E-state index < -0.39 is 23.4 Å². The Balaban J connectivity index is 1.48. The lowest BCUT2D eigenvalue weighted by atomic mass is 9.82. The van der Waals surface area contributed by atoms with Gasteiger partial charge in [0.1, 0.15) is 5.75 Å². The number of carbonyl (C=O) groups excluding carboxylic acids is 1. The largest absolute Gasteiger partial charge is 0.494 e. The lowest BCUT2D eigenvalue weighted by Crippen LogP contribution is -2.20. The van der Waals surface area contributed by atoms with Gasteiger partial charge in [0.2, 0.25) is 0 Å². The van der Waals surface area contributed by atoms with Gasteiger partial charge in [0.25, 0.3) is 0 Å². The van der Waals surface area contributed by atoms with E-state index in [9.17, 15) is 18.0 Å². The molecule has 1 aliphatic carbocycles. The summed E-state index contributed by atoms with van der Waals surface area (Å²) in [6.07, 6.45) is 3.33. The summed E-state index contributed by atoms with van der Waals surface area (Å²) in [5.74, 6) is -3.07. The van der Waals surface area contributed by atoms with Crippen molar-refractivity contribution in [2.24, 2.45) is 0 Å². The van der Waals surface area contributed by atoms with Gasteiger partial charge in [-0.05, 0) is 67.0 Å². The molecule has 34 heavy (non-hydrogen) atoms. The first-order chi connectivity index (χ1) is 16.4. The van der Waals surface area contributed by atoms with Crippen LogP contribution in [0.3, 0.4) is 0 Å². The maximum Gasteiger partial charge on any atom is 0.343 e. The van der Waals surface area contributed by atoms with E-state index in [1.807, 2.05) is 0 Å². The summed E-state index contributed by atoms with van der Waals surface area (Å²) >= 11 is 0. The molecule has 0 radical (unpaired) electrons. The molecular formula is C27H25F3O4. The molecule has 0 heterocycles. The third-order valence-electron chi connectivity index (χ3n) is 6.32. The molecule has 0 amide bonds. The fourth-order valence-electron chi connectivity index (χ4n) is 4.37. The minimum atomic E-state index is -0.907. The van der Waals surface area contributed by atoms with E-state index in [1.54, 1.807) is 19.2 Å². The summed E-state index contributed by atoms with van der Waals surface area (Å²) in [6.45, 7) is 0. The Morgan fingerprint density at radius 2 is 1.56 bits per heavy atom. The van der Waals surface area contributed by atoms with Crippen LogP contribution >= 0.6 is 0 Å². The van der Waals surface area contributed by atoms with Gasteiger partial charge in [0.15, 0.2) is 23.2 Å². The number of ether oxygens (including phenoxy) is 3. The highest BCUT2D eigenvalue weighted by Gasteiger charge is 2.26. The van der Waals surface area contributed by atoms with E-state index in [1.165, 1.54) is 43.5 Å². The molecule has 0 aromatic heterocycles. The summed E-state index contributed by atoms with van der Waals surface area (Å²) in [5, 5.41) is 0. The Morgan fingerprint density at radius 3 is 2.18 bits per heavy atom. The zero-order valence-corrected chi connectivity index (χ0v) is 18.9. The number of hydrogen-bond donors (Lipinski definition) is 0. The van der Waals surface area contributed by atoms with Crippen LogP contribution in [-0.4, -0.2) is 26.3 Å². The Labute approximate surface area is 196 Å². The zero-order valence-electron chi connectivity index (χ0n) is 18.9. The number of carbonyl (C=O) groups is 1. The highest BCUT2D eigenvalue weighted by atomic mass is 19.2. The van der Waals surface area contributed by atoms with Crippen LogP contribution in [0.2, 0.25) is 0 Å². The molecule has 1 aliphatic rings. The summed E-state index contributed by atoms with van der Waals surface area (Å²) in [4.78, 5) is 12.4. The molecular weight excluding hydrogens is 445 g/mol. The molecule has 1 fully saturated rings. The fourth-order valence-corrected chi connectivity index (χ4v) is 4.37. The molecule has 0 bridgehead atoms. The van der Waals surface area contributed by atoms with Crippen molar-refractivity contribution in [3.63, 3.8) is 0 Å². The average Bonchev–Trinajstić information content (AvgIpc) is 2.86. The van der Waals surface area contributed by atoms with Crippen molar-refractivity contribution in [1.82, 2.24) is 0 Å². The van der Waals surface area contributed by atoms with E-state index in [0.717, 1.165) is 31.7 Å². The Morgan fingerprint density at radius 1 is 0.853 bits per heavy atom. The highest BCUT2D eigenvalue weighted by molar-refractivity contribution is 5.91. The molecule has 3 aromatic rings. The quantitative estimate of drug-likeness (QED) is 0.298. The normalized spacial score (nSPS) is 17.9. The van der Waals surface area contributed by atoms with Gasteiger partial charge >= 0.3 is 5.97 Å². The van der Waals surface area contributed by atoms with E-state index >= 15 is 0 Å². The molecule has 7 heteroatoms. The molecule has 1 saturated carbocycles. The minimum Gasteiger partial charge on any atom is -0.494 e. The molecule has 4 nitrogen and oxygen atoms in total. The van der Waals surface area contributed by atoms with Crippen molar-refractivity contribution in [2.75, 3.05) is 14.2 Å². The van der Waals surface area contributed by atoms with Crippen molar-refractivity contribution in [1.29, 1.82) is 0 Å². The van der Waals surface area contributed by atoms with Crippen LogP contribution in [0.1, 0.15) is 47.5 Å².